The van der Waals surface area contributed by atoms with Gasteiger partial charge in [-0.25, -0.2) is 13.1 Å². The molecule has 11 heteroatoms. The molecule has 6 rings (SSSR count). The fourth-order valence-electron chi connectivity index (χ4n) is 8.52. The Morgan fingerprint density at radius 2 is 1.96 bits per heavy atom. The van der Waals surface area contributed by atoms with Gasteiger partial charge in [-0.2, -0.15) is 0 Å². The van der Waals surface area contributed by atoms with Crippen LogP contribution in [-0.4, -0.2) is 87.7 Å². The Morgan fingerprint density at radius 1 is 1.18 bits per heavy atom. The minimum absolute atomic E-state index is 0.0485. The summed E-state index contributed by atoms with van der Waals surface area (Å²) in [5, 5.41) is 12.3. The number of nitrogens with one attached hydrogen (secondary N) is 1. The van der Waals surface area contributed by atoms with Gasteiger partial charge in [0.15, 0.2) is 0 Å². The van der Waals surface area contributed by atoms with Gasteiger partial charge in [0.05, 0.1) is 37.3 Å². The Bertz CT molecular complexity index is 1730. The molecular formula is C40H54ClN3O6S. The van der Waals surface area contributed by atoms with Crippen molar-refractivity contribution in [2.24, 2.45) is 23.2 Å². The Balaban J connectivity index is 1.39. The number of sulfonamides is 1. The number of amides is 1. The van der Waals surface area contributed by atoms with Gasteiger partial charge < -0.3 is 19.5 Å². The summed E-state index contributed by atoms with van der Waals surface area (Å²) >= 11 is 6.49. The molecule has 1 saturated heterocycles. The van der Waals surface area contributed by atoms with Gasteiger partial charge in [-0.3, -0.25) is 9.69 Å². The van der Waals surface area contributed by atoms with Crippen molar-refractivity contribution in [2.45, 2.75) is 83.0 Å². The first kappa shape index (κ1) is 37.9. The second-order valence-electron chi connectivity index (χ2n) is 15.4. The van der Waals surface area contributed by atoms with E-state index >= 15 is 0 Å². The highest BCUT2D eigenvalue weighted by atomic mass is 35.5. The highest BCUT2D eigenvalue weighted by molar-refractivity contribution is 7.90. The van der Waals surface area contributed by atoms with E-state index in [4.69, 9.17) is 21.1 Å². The minimum Gasteiger partial charge on any atom is -0.490 e. The molecule has 0 aromatic heterocycles. The smallest absolute Gasteiger partial charge is 0.264 e. The third kappa shape index (κ3) is 8.23. The molecular weight excluding hydrogens is 686 g/mol. The van der Waals surface area contributed by atoms with Crippen molar-refractivity contribution in [1.82, 2.24) is 9.62 Å². The average molecular weight is 740 g/mol. The van der Waals surface area contributed by atoms with Crippen molar-refractivity contribution in [3.8, 4) is 17.6 Å². The highest BCUT2D eigenvalue weighted by Crippen LogP contribution is 2.50. The number of fused-ring (bicyclic) bond motifs is 2. The Morgan fingerprint density at radius 3 is 2.69 bits per heavy atom. The predicted molar refractivity (Wildman–Crippen MR) is 202 cm³/mol. The first-order valence-electron chi connectivity index (χ1n) is 18.7. The SMILES string of the molecule is C=C1/C(=C\C(Cl)=C/C)CCC[C@]12COc1ccc3cc1N(C[C@@H]1CC[C@H]1[C@](O)(C#CCN1CCOCC1)CCC[C@H](C)[C@@H](C)S(=O)(=O)NC3=O)C2. The fraction of sp³-hybridized carbons (Fsp3) is 0.625. The normalized spacial score (nSPS) is 34.3. The van der Waals surface area contributed by atoms with Crippen molar-refractivity contribution in [3.63, 3.8) is 0 Å². The lowest BCUT2D eigenvalue weighted by molar-refractivity contribution is -0.0450. The predicted octanol–water partition coefficient (Wildman–Crippen LogP) is 6.04. The largest absolute Gasteiger partial charge is 0.490 e. The number of hydrogen-bond donors (Lipinski definition) is 2. The molecule has 9 nitrogen and oxygen atoms in total. The van der Waals surface area contributed by atoms with E-state index in [-0.39, 0.29) is 23.3 Å². The standard InChI is InChI=1S/C40H54ClN3O6S/c1-5-34(41)23-31-10-7-15-39(29(31)3)26-44-25-33-11-13-35(33)40(46,17-8-18-43-19-21-49-22-20-43)16-6-9-28(2)30(4)51(47,48)42-38(45)32-12-14-37(50-27-39)36(44)24-32/h5,12,14,23-24,28,30,33,35,46H,3,6-7,9-11,13,15-16,18-22,25-27H2,1-2,4H3,(H,42,45)/b31-23-,34-5+/t28-,30+,33-,35+,39-,40+/m0/s1. The van der Waals surface area contributed by atoms with Crippen molar-refractivity contribution in [2.75, 3.05) is 57.4 Å². The number of rotatable bonds is 2. The third-order valence-corrected chi connectivity index (χ3v) is 14.5. The third-order valence-electron chi connectivity index (χ3n) is 12.2. The van der Waals surface area contributed by atoms with E-state index in [2.05, 4.69) is 32.9 Å². The van der Waals surface area contributed by atoms with Gasteiger partial charge in [0.2, 0.25) is 10.0 Å². The van der Waals surface area contributed by atoms with Crippen molar-refractivity contribution >= 4 is 33.2 Å². The van der Waals surface area contributed by atoms with Crippen LogP contribution in [-0.2, 0) is 14.8 Å². The first-order valence-corrected chi connectivity index (χ1v) is 20.6. The highest BCUT2D eigenvalue weighted by Gasteiger charge is 2.48. The number of allylic oxidation sites excluding steroid dienone is 4. The van der Waals surface area contributed by atoms with E-state index in [1.165, 1.54) is 0 Å². The fourth-order valence-corrected chi connectivity index (χ4v) is 9.97. The number of nitrogens with zero attached hydrogens (tertiary/aromatic N) is 2. The second-order valence-corrected chi connectivity index (χ2v) is 17.9. The number of hydrogen-bond acceptors (Lipinski definition) is 8. The lowest BCUT2D eigenvalue weighted by Crippen LogP contribution is -2.52. The number of carbonyl (C=O) groups excluding carboxylic acids is 1. The summed E-state index contributed by atoms with van der Waals surface area (Å²) in [6.07, 6.45) is 10.1. The number of morpholine rings is 1. The molecule has 51 heavy (non-hydrogen) atoms. The van der Waals surface area contributed by atoms with Crippen molar-refractivity contribution in [3.05, 3.63) is 58.7 Å². The van der Waals surface area contributed by atoms with Crippen LogP contribution >= 0.6 is 11.6 Å². The van der Waals surface area contributed by atoms with Gasteiger partial charge in [-0.15, -0.1) is 0 Å². The van der Waals surface area contributed by atoms with Crippen LogP contribution in [0.3, 0.4) is 0 Å². The maximum atomic E-state index is 13.6. The van der Waals surface area contributed by atoms with E-state index in [0.29, 0.717) is 69.5 Å². The molecule has 3 aliphatic heterocycles. The van der Waals surface area contributed by atoms with Gasteiger partial charge in [0.25, 0.3) is 5.91 Å². The van der Waals surface area contributed by atoms with E-state index in [9.17, 15) is 18.3 Å². The molecule has 1 aromatic carbocycles. The van der Waals surface area contributed by atoms with Crippen LogP contribution in [0.1, 0.15) is 82.5 Å². The van der Waals surface area contributed by atoms with Crippen LogP contribution in [0.25, 0.3) is 0 Å². The molecule has 5 aliphatic rings. The topological polar surface area (TPSA) is 108 Å². The zero-order valence-electron chi connectivity index (χ0n) is 30.4. The zero-order valence-corrected chi connectivity index (χ0v) is 32.0. The number of ether oxygens (including phenoxy) is 2. The van der Waals surface area contributed by atoms with Gasteiger partial charge in [-0.1, -0.05) is 43.0 Å². The van der Waals surface area contributed by atoms with Crippen LogP contribution in [0.5, 0.6) is 5.75 Å². The molecule has 278 valence electrons. The summed E-state index contributed by atoms with van der Waals surface area (Å²) in [5.74, 6) is 6.56. The van der Waals surface area contributed by atoms with E-state index < -0.39 is 32.2 Å². The molecule has 3 heterocycles. The van der Waals surface area contributed by atoms with E-state index in [1.807, 2.05) is 26.0 Å². The number of benzene rings is 1. The summed E-state index contributed by atoms with van der Waals surface area (Å²) in [6.45, 7) is 15.3. The van der Waals surface area contributed by atoms with Gasteiger partial charge >= 0.3 is 0 Å². The summed E-state index contributed by atoms with van der Waals surface area (Å²) in [7, 11) is -3.97. The van der Waals surface area contributed by atoms with Gasteiger partial charge in [-0.05, 0) is 112 Å². The van der Waals surface area contributed by atoms with E-state index in [0.717, 1.165) is 62.0 Å². The minimum atomic E-state index is -3.97. The lowest BCUT2D eigenvalue weighted by atomic mass is 9.63. The molecule has 1 amide bonds. The van der Waals surface area contributed by atoms with Crippen LogP contribution in [0.4, 0.5) is 5.69 Å². The average Bonchev–Trinajstić information content (AvgIpc) is 3.25. The maximum absolute atomic E-state index is 13.6. The summed E-state index contributed by atoms with van der Waals surface area (Å²) < 4.78 is 41.4. The number of carbonyl (C=O) groups is 1. The molecule has 3 fully saturated rings. The Labute approximate surface area is 309 Å². The van der Waals surface area contributed by atoms with Crippen LogP contribution < -0.4 is 14.4 Å². The Hall–Kier alpha value is -2.81. The molecule has 0 unspecified atom stereocenters. The van der Waals surface area contributed by atoms with Crippen LogP contribution in [0.2, 0.25) is 0 Å². The molecule has 1 aromatic rings. The summed E-state index contributed by atoms with van der Waals surface area (Å²) in [6, 6.07) is 5.18. The molecule has 6 atom stereocenters. The molecule has 2 saturated carbocycles. The summed E-state index contributed by atoms with van der Waals surface area (Å²) in [4.78, 5) is 18.1. The summed E-state index contributed by atoms with van der Waals surface area (Å²) in [5.41, 5.74) is 1.52. The van der Waals surface area contributed by atoms with Crippen molar-refractivity contribution < 1.29 is 27.8 Å². The Kier molecular flexibility index (Phi) is 11.6. The molecule has 2 bridgehead atoms. The van der Waals surface area contributed by atoms with E-state index in [1.54, 1.807) is 25.1 Å². The number of anilines is 1. The number of halogens is 1. The molecule has 1 spiro atoms. The number of aliphatic hydroxyl groups is 1. The van der Waals surface area contributed by atoms with Gasteiger partial charge in [0, 0.05) is 48.1 Å². The van der Waals surface area contributed by atoms with Crippen LogP contribution in [0, 0.1) is 35.0 Å². The quantitative estimate of drug-likeness (QED) is 0.354. The first-order chi connectivity index (χ1) is 24.3. The molecule has 2 aliphatic carbocycles. The lowest BCUT2D eigenvalue weighted by Gasteiger charge is -2.48. The van der Waals surface area contributed by atoms with Crippen molar-refractivity contribution in [1.29, 1.82) is 0 Å². The molecule has 0 radical (unpaired) electrons. The second kappa shape index (κ2) is 15.7. The zero-order chi connectivity index (χ0) is 36.4. The monoisotopic (exact) mass is 739 g/mol. The van der Waals surface area contributed by atoms with Crippen LogP contribution in [0.15, 0.2) is 53.1 Å². The maximum Gasteiger partial charge on any atom is 0.264 e. The van der Waals surface area contributed by atoms with Gasteiger partial charge in [0.1, 0.15) is 11.4 Å². The molecule has 2 N–H and O–H groups in total.